The number of fused-ring (bicyclic) bond motifs is 1. The molecule has 2 aromatic rings. The highest BCUT2D eigenvalue weighted by molar-refractivity contribution is 6.01. The predicted molar refractivity (Wildman–Crippen MR) is 116 cm³/mol. The van der Waals surface area contributed by atoms with Gasteiger partial charge in [0, 0.05) is 32.8 Å². The van der Waals surface area contributed by atoms with E-state index in [1.54, 1.807) is 0 Å². The first kappa shape index (κ1) is 19.9. The van der Waals surface area contributed by atoms with Crippen molar-refractivity contribution in [2.45, 2.75) is 31.8 Å². The molecule has 5 nitrogen and oxygen atoms in total. The summed E-state index contributed by atoms with van der Waals surface area (Å²) in [5, 5.41) is 2.98. The highest BCUT2D eigenvalue weighted by Gasteiger charge is 2.37. The van der Waals surface area contributed by atoms with Crippen LogP contribution < -0.4 is 10.2 Å². The summed E-state index contributed by atoms with van der Waals surface area (Å²) in [6.45, 7) is 7.51. The zero-order valence-electron chi connectivity index (χ0n) is 17.3. The molecule has 4 rings (SSSR count). The zero-order valence-corrected chi connectivity index (χ0v) is 17.3. The maximum absolute atomic E-state index is 12.1. The molecule has 0 atom stereocenters. The maximum atomic E-state index is 12.1. The van der Waals surface area contributed by atoms with E-state index >= 15 is 0 Å². The van der Waals surface area contributed by atoms with Crippen molar-refractivity contribution in [3.8, 4) is 0 Å². The van der Waals surface area contributed by atoms with E-state index in [4.69, 9.17) is 4.74 Å². The van der Waals surface area contributed by atoms with Crippen LogP contribution in [0.15, 0.2) is 54.6 Å². The van der Waals surface area contributed by atoms with Gasteiger partial charge in [-0.2, -0.15) is 0 Å². The minimum Gasteiger partial charge on any atom is -0.370 e. The second kappa shape index (κ2) is 8.97. The third kappa shape index (κ3) is 4.31. The van der Waals surface area contributed by atoms with Gasteiger partial charge >= 0.3 is 0 Å². The van der Waals surface area contributed by atoms with Crippen LogP contribution in [-0.2, 0) is 10.3 Å². The summed E-state index contributed by atoms with van der Waals surface area (Å²) in [6.07, 6.45) is 3.08. The van der Waals surface area contributed by atoms with Gasteiger partial charge in [-0.1, -0.05) is 49.4 Å². The van der Waals surface area contributed by atoms with Gasteiger partial charge < -0.3 is 19.9 Å². The number of benzene rings is 2. The molecule has 5 heteroatoms. The molecule has 0 spiro atoms. The van der Waals surface area contributed by atoms with E-state index in [-0.39, 0.29) is 11.5 Å². The monoisotopic (exact) mass is 393 g/mol. The van der Waals surface area contributed by atoms with Gasteiger partial charge in [-0.25, -0.2) is 0 Å². The number of amides is 1. The van der Waals surface area contributed by atoms with E-state index in [1.807, 2.05) is 24.3 Å². The molecular weight excluding hydrogens is 362 g/mol. The van der Waals surface area contributed by atoms with Gasteiger partial charge in [-0.15, -0.1) is 0 Å². The lowest BCUT2D eigenvalue weighted by atomic mass is 9.84. The Labute approximate surface area is 173 Å². The van der Waals surface area contributed by atoms with E-state index < -0.39 is 0 Å². The number of ether oxygens (including phenoxy) is 1. The molecule has 0 unspecified atom stereocenters. The van der Waals surface area contributed by atoms with Gasteiger partial charge in [0.2, 0.25) is 0 Å². The van der Waals surface area contributed by atoms with Crippen LogP contribution in [0.4, 0.5) is 5.69 Å². The average Bonchev–Trinajstić information content (AvgIpc) is 2.79. The molecule has 1 amide bonds. The Hall–Kier alpha value is -2.37. The van der Waals surface area contributed by atoms with E-state index in [0.717, 1.165) is 63.3 Å². The second-order valence-corrected chi connectivity index (χ2v) is 8.00. The lowest BCUT2D eigenvalue weighted by Crippen LogP contribution is -2.49. The first-order valence-electron chi connectivity index (χ1n) is 10.8. The van der Waals surface area contributed by atoms with Crippen molar-refractivity contribution < 1.29 is 9.53 Å². The molecule has 0 radical (unpaired) electrons. The second-order valence-electron chi connectivity index (χ2n) is 8.00. The van der Waals surface area contributed by atoms with Gasteiger partial charge in [0.1, 0.15) is 0 Å². The van der Waals surface area contributed by atoms with Gasteiger partial charge in [0.15, 0.2) is 0 Å². The number of nitrogens with one attached hydrogen (secondary N) is 1. The molecular formula is C24H31N3O2. The smallest absolute Gasteiger partial charge is 0.254 e. The number of piperidine rings is 1. The lowest BCUT2D eigenvalue weighted by Gasteiger charge is -2.43. The Bertz CT molecular complexity index is 816. The number of nitrogens with zero attached hydrogens (tertiary/aromatic N) is 2. The molecule has 2 aliphatic rings. The summed E-state index contributed by atoms with van der Waals surface area (Å²) in [4.78, 5) is 16.9. The number of para-hydroxylation sites is 1. The minimum absolute atomic E-state index is 0.0236. The lowest BCUT2D eigenvalue weighted by molar-refractivity contribution is -0.0893. The molecule has 1 saturated heterocycles. The van der Waals surface area contributed by atoms with E-state index in [0.29, 0.717) is 6.67 Å². The van der Waals surface area contributed by atoms with Crippen LogP contribution in [-0.4, -0.2) is 50.3 Å². The Morgan fingerprint density at radius 2 is 1.72 bits per heavy atom. The topological polar surface area (TPSA) is 44.8 Å². The summed E-state index contributed by atoms with van der Waals surface area (Å²) in [5.41, 5.74) is 2.96. The summed E-state index contributed by atoms with van der Waals surface area (Å²) < 4.78 is 6.42. The number of hydrogen-bond donors (Lipinski definition) is 1. The number of carbonyl (C=O) groups excluding carboxylic acids is 1. The Balaban J connectivity index is 1.37. The highest BCUT2D eigenvalue weighted by atomic mass is 16.5. The van der Waals surface area contributed by atoms with Crippen molar-refractivity contribution in [2.24, 2.45) is 0 Å². The van der Waals surface area contributed by atoms with Crippen molar-refractivity contribution in [3.05, 3.63) is 65.7 Å². The third-order valence-corrected chi connectivity index (χ3v) is 6.15. The number of anilines is 1. The largest absolute Gasteiger partial charge is 0.370 e. The van der Waals surface area contributed by atoms with E-state index in [9.17, 15) is 4.79 Å². The minimum atomic E-state index is -0.153. The summed E-state index contributed by atoms with van der Waals surface area (Å²) in [5.74, 6) is 0.0236. The van der Waals surface area contributed by atoms with Gasteiger partial charge in [0.05, 0.1) is 23.5 Å². The quantitative estimate of drug-likeness (QED) is 0.781. The van der Waals surface area contributed by atoms with Crippen LogP contribution in [0.2, 0.25) is 0 Å². The van der Waals surface area contributed by atoms with Crippen molar-refractivity contribution in [2.75, 3.05) is 44.4 Å². The molecule has 2 heterocycles. The van der Waals surface area contributed by atoms with Gasteiger partial charge in [-0.05, 0) is 37.0 Å². The number of hydrogen-bond acceptors (Lipinski definition) is 4. The highest BCUT2D eigenvalue weighted by Crippen LogP contribution is 2.37. The van der Waals surface area contributed by atoms with Crippen molar-refractivity contribution in [1.82, 2.24) is 10.2 Å². The van der Waals surface area contributed by atoms with Crippen LogP contribution in [0.5, 0.6) is 0 Å². The van der Waals surface area contributed by atoms with Gasteiger partial charge in [0.25, 0.3) is 5.91 Å². The van der Waals surface area contributed by atoms with Crippen molar-refractivity contribution in [1.29, 1.82) is 0 Å². The summed E-state index contributed by atoms with van der Waals surface area (Å²) >= 11 is 0. The molecule has 0 aromatic heterocycles. The number of carbonyl (C=O) groups is 1. The van der Waals surface area contributed by atoms with Crippen LogP contribution in [0.1, 0.15) is 42.1 Å². The normalized spacial score (nSPS) is 18.9. The Morgan fingerprint density at radius 3 is 2.48 bits per heavy atom. The molecule has 1 fully saturated rings. The SMILES string of the molecule is CCCOC1(c2ccccc2)CCN(CCN2CNC(=O)c3ccccc32)CC1. The predicted octanol–water partition coefficient (Wildman–Crippen LogP) is 3.61. The zero-order chi connectivity index (χ0) is 20.1. The first-order chi connectivity index (χ1) is 14.2. The number of rotatable bonds is 7. The van der Waals surface area contributed by atoms with Crippen LogP contribution in [0.25, 0.3) is 0 Å². The van der Waals surface area contributed by atoms with Gasteiger partial charge in [-0.3, -0.25) is 4.79 Å². The molecule has 1 N–H and O–H groups in total. The van der Waals surface area contributed by atoms with Crippen LogP contribution in [0, 0.1) is 0 Å². The molecule has 2 aromatic carbocycles. The molecule has 154 valence electrons. The fourth-order valence-corrected chi connectivity index (χ4v) is 4.44. The Kier molecular flexibility index (Phi) is 6.16. The van der Waals surface area contributed by atoms with E-state index in [2.05, 4.69) is 52.4 Å². The van der Waals surface area contributed by atoms with E-state index in [1.165, 1.54) is 5.56 Å². The summed E-state index contributed by atoms with van der Waals surface area (Å²) in [6, 6.07) is 18.6. The summed E-state index contributed by atoms with van der Waals surface area (Å²) in [7, 11) is 0. The van der Waals surface area contributed by atoms with Crippen molar-refractivity contribution >= 4 is 11.6 Å². The average molecular weight is 394 g/mol. The standard InChI is InChI=1S/C24H31N3O2/c1-2-18-29-24(20-8-4-3-5-9-20)12-14-26(15-13-24)16-17-27-19-25-23(28)21-10-6-7-11-22(21)27/h3-11H,2,12-19H2,1H3,(H,25,28). The Morgan fingerprint density at radius 1 is 1.00 bits per heavy atom. The molecule has 2 aliphatic heterocycles. The molecule has 29 heavy (non-hydrogen) atoms. The molecule has 0 aliphatic carbocycles. The van der Waals surface area contributed by atoms with Crippen molar-refractivity contribution in [3.63, 3.8) is 0 Å². The maximum Gasteiger partial charge on any atom is 0.254 e. The third-order valence-electron chi connectivity index (χ3n) is 6.15. The fourth-order valence-electron chi connectivity index (χ4n) is 4.44. The van der Waals surface area contributed by atoms with Crippen LogP contribution >= 0.6 is 0 Å². The molecule has 0 bridgehead atoms. The first-order valence-corrected chi connectivity index (χ1v) is 10.8. The number of likely N-dealkylation sites (tertiary alicyclic amines) is 1. The molecule has 0 saturated carbocycles. The van der Waals surface area contributed by atoms with Crippen LogP contribution in [0.3, 0.4) is 0 Å². The fraction of sp³-hybridized carbons (Fsp3) is 0.458.